The number of halogens is 2. The van der Waals surface area contributed by atoms with E-state index >= 15 is 0 Å². The minimum atomic E-state index is 0.513. The van der Waals surface area contributed by atoms with Gasteiger partial charge in [-0.25, -0.2) is 4.68 Å². The smallest absolute Gasteiger partial charge is 0.241 e. The van der Waals surface area contributed by atoms with Gasteiger partial charge in [0, 0.05) is 16.6 Å². The van der Waals surface area contributed by atoms with E-state index in [1.807, 2.05) is 6.92 Å². The van der Waals surface area contributed by atoms with Crippen molar-refractivity contribution < 1.29 is 4.74 Å². The number of anilines is 1. The molecule has 19 heavy (non-hydrogen) atoms. The first kappa shape index (κ1) is 14.0. The van der Waals surface area contributed by atoms with Crippen molar-refractivity contribution in [3.63, 3.8) is 0 Å². The lowest BCUT2D eigenvalue weighted by molar-refractivity contribution is 0.410. The van der Waals surface area contributed by atoms with Gasteiger partial charge in [-0.2, -0.15) is 5.10 Å². The van der Waals surface area contributed by atoms with E-state index < -0.39 is 0 Å². The highest BCUT2D eigenvalue weighted by Crippen LogP contribution is 2.33. The minimum absolute atomic E-state index is 0.513. The molecule has 2 aromatic rings. The topological polar surface area (TPSA) is 53.1 Å². The summed E-state index contributed by atoms with van der Waals surface area (Å²) in [5.74, 6) is 1.07. The number of nitrogen functional groups attached to an aromatic ring is 1. The van der Waals surface area contributed by atoms with Crippen molar-refractivity contribution in [2.24, 2.45) is 0 Å². The van der Waals surface area contributed by atoms with E-state index in [0.29, 0.717) is 27.4 Å². The fourth-order valence-corrected chi connectivity index (χ4v) is 2.25. The van der Waals surface area contributed by atoms with Crippen LogP contribution in [0.15, 0.2) is 18.2 Å². The van der Waals surface area contributed by atoms with E-state index in [1.54, 1.807) is 22.9 Å². The van der Waals surface area contributed by atoms with Crippen molar-refractivity contribution in [1.29, 1.82) is 0 Å². The first-order chi connectivity index (χ1) is 9.01. The Balaban J connectivity index is 2.36. The summed E-state index contributed by atoms with van der Waals surface area (Å²) < 4.78 is 7.53. The molecule has 0 radical (unpaired) electrons. The van der Waals surface area contributed by atoms with E-state index in [-0.39, 0.29) is 0 Å². The van der Waals surface area contributed by atoms with Gasteiger partial charge in [0.1, 0.15) is 11.4 Å². The maximum atomic E-state index is 5.98. The third-order valence-electron chi connectivity index (χ3n) is 2.61. The predicted molar refractivity (Wildman–Crippen MR) is 78.2 cm³/mol. The Morgan fingerprint density at radius 1 is 1.26 bits per heavy atom. The summed E-state index contributed by atoms with van der Waals surface area (Å²) in [4.78, 5) is 0. The van der Waals surface area contributed by atoms with Crippen LogP contribution in [-0.2, 0) is 6.54 Å². The van der Waals surface area contributed by atoms with E-state index in [4.69, 9.17) is 33.7 Å². The van der Waals surface area contributed by atoms with E-state index in [2.05, 4.69) is 12.0 Å². The highest BCUT2D eigenvalue weighted by atomic mass is 35.5. The summed E-state index contributed by atoms with van der Waals surface area (Å²) in [6, 6.07) is 5.02. The Bertz CT molecular complexity index is 576. The largest absolute Gasteiger partial charge is 0.437 e. The Kier molecular flexibility index (Phi) is 4.22. The van der Waals surface area contributed by atoms with Gasteiger partial charge in [0.15, 0.2) is 0 Å². The Hall–Kier alpha value is -1.39. The maximum absolute atomic E-state index is 5.98. The van der Waals surface area contributed by atoms with Crippen LogP contribution in [0.5, 0.6) is 11.6 Å². The lowest BCUT2D eigenvalue weighted by Gasteiger charge is -2.09. The Morgan fingerprint density at radius 3 is 2.47 bits per heavy atom. The SMILES string of the molecule is CCCn1nc(C)c(N)c1Oc1cc(Cl)cc(Cl)c1. The summed E-state index contributed by atoms with van der Waals surface area (Å²) in [5.41, 5.74) is 7.26. The minimum Gasteiger partial charge on any atom is -0.437 e. The van der Waals surface area contributed by atoms with Gasteiger partial charge in [-0.1, -0.05) is 30.1 Å². The monoisotopic (exact) mass is 299 g/mol. The van der Waals surface area contributed by atoms with E-state index in [1.165, 1.54) is 0 Å². The van der Waals surface area contributed by atoms with Crippen molar-refractivity contribution in [3.05, 3.63) is 33.9 Å². The molecule has 2 rings (SSSR count). The molecule has 102 valence electrons. The first-order valence-corrected chi connectivity index (χ1v) is 6.73. The lowest BCUT2D eigenvalue weighted by Crippen LogP contribution is -2.02. The van der Waals surface area contributed by atoms with Crippen molar-refractivity contribution in [1.82, 2.24) is 9.78 Å². The van der Waals surface area contributed by atoms with Crippen LogP contribution >= 0.6 is 23.2 Å². The second-order valence-corrected chi connectivity index (χ2v) is 5.11. The van der Waals surface area contributed by atoms with Crippen LogP contribution < -0.4 is 10.5 Å². The summed E-state index contributed by atoms with van der Waals surface area (Å²) in [5, 5.41) is 5.37. The Morgan fingerprint density at radius 2 is 1.89 bits per heavy atom. The molecule has 0 saturated heterocycles. The molecule has 6 heteroatoms. The summed E-state index contributed by atoms with van der Waals surface area (Å²) in [7, 11) is 0. The fourth-order valence-electron chi connectivity index (χ4n) is 1.74. The average molecular weight is 300 g/mol. The molecule has 0 bridgehead atoms. The Labute approximate surface area is 122 Å². The number of benzene rings is 1. The third kappa shape index (κ3) is 3.14. The molecule has 0 aliphatic rings. The standard InChI is InChI=1S/C13H15Cl2N3O/c1-3-4-18-13(12(16)8(2)17-18)19-11-6-9(14)5-10(15)7-11/h5-7H,3-4,16H2,1-2H3. The summed E-state index contributed by atoms with van der Waals surface area (Å²) in [6.45, 7) is 4.65. The van der Waals surface area contributed by atoms with Crippen molar-refractivity contribution >= 4 is 28.9 Å². The maximum Gasteiger partial charge on any atom is 0.241 e. The lowest BCUT2D eigenvalue weighted by atomic mass is 10.3. The van der Waals surface area contributed by atoms with Crippen molar-refractivity contribution in [2.45, 2.75) is 26.8 Å². The van der Waals surface area contributed by atoms with Crippen molar-refractivity contribution in [2.75, 3.05) is 5.73 Å². The molecule has 2 N–H and O–H groups in total. The number of nitrogens with zero attached hydrogens (tertiary/aromatic N) is 2. The normalized spacial score (nSPS) is 10.7. The molecule has 0 fully saturated rings. The van der Waals surface area contributed by atoms with Gasteiger partial charge in [0.25, 0.3) is 0 Å². The molecular weight excluding hydrogens is 285 g/mol. The highest BCUT2D eigenvalue weighted by molar-refractivity contribution is 6.34. The molecule has 0 atom stereocenters. The van der Waals surface area contributed by atoms with Crippen molar-refractivity contribution in [3.8, 4) is 11.6 Å². The molecule has 4 nitrogen and oxygen atoms in total. The molecular formula is C13H15Cl2N3O. The molecule has 1 heterocycles. The zero-order valence-corrected chi connectivity index (χ0v) is 12.3. The van der Waals surface area contributed by atoms with E-state index in [0.717, 1.165) is 18.7 Å². The third-order valence-corrected chi connectivity index (χ3v) is 3.05. The second kappa shape index (κ2) is 5.72. The molecule has 0 aliphatic carbocycles. The van der Waals surface area contributed by atoms with Crippen LogP contribution in [0.4, 0.5) is 5.69 Å². The van der Waals surface area contributed by atoms with Gasteiger partial charge >= 0.3 is 0 Å². The quantitative estimate of drug-likeness (QED) is 0.916. The van der Waals surface area contributed by atoms with Crippen LogP contribution in [0.2, 0.25) is 10.0 Å². The molecule has 1 aromatic carbocycles. The van der Waals surface area contributed by atoms with Crippen LogP contribution in [-0.4, -0.2) is 9.78 Å². The van der Waals surface area contributed by atoms with Gasteiger partial charge in [-0.15, -0.1) is 0 Å². The summed E-state index contributed by atoms with van der Waals surface area (Å²) >= 11 is 11.9. The molecule has 0 unspecified atom stereocenters. The molecule has 0 saturated carbocycles. The van der Waals surface area contributed by atoms with Gasteiger partial charge < -0.3 is 10.5 Å². The predicted octanol–water partition coefficient (Wildman–Crippen LogP) is 4.28. The molecule has 1 aromatic heterocycles. The van der Waals surface area contributed by atoms with Crippen LogP contribution in [0.3, 0.4) is 0 Å². The van der Waals surface area contributed by atoms with Gasteiger partial charge in [-0.3, -0.25) is 0 Å². The fraction of sp³-hybridized carbons (Fsp3) is 0.308. The van der Waals surface area contributed by atoms with Crippen LogP contribution in [0, 0.1) is 6.92 Å². The van der Waals surface area contributed by atoms with Gasteiger partial charge in [-0.05, 0) is 31.5 Å². The number of ether oxygens (including phenoxy) is 1. The van der Waals surface area contributed by atoms with Gasteiger partial charge in [0.2, 0.25) is 5.88 Å². The highest BCUT2D eigenvalue weighted by Gasteiger charge is 2.14. The zero-order valence-electron chi connectivity index (χ0n) is 10.8. The number of aryl methyl sites for hydroxylation is 2. The summed E-state index contributed by atoms with van der Waals surface area (Å²) in [6.07, 6.45) is 0.938. The molecule has 0 spiro atoms. The zero-order chi connectivity index (χ0) is 14.0. The van der Waals surface area contributed by atoms with Gasteiger partial charge in [0.05, 0.1) is 5.69 Å². The van der Waals surface area contributed by atoms with Crippen LogP contribution in [0.25, 0.3) is 0 Å². The van der Waals surface area contributed by atoms with E-state index in [9.17, 15) is 0 Å². The number of aromatic nitrogens is 2. The number of nitrogens with two attached hydrogens (primary N) is 1. The molecule has 0 aliphatic heterocycles. The second-order valence-electron chi connectivity index (χ2n) is 4.23. The average Bonchev–Trinajstić information content (AvgIpc) is 2.56. The number of hydrogen-bond acceptors (Lipinski definition) is 3. The molecule has 0 amide bonds. The number of hydrogen-bond donors (Lipinski definition) is 1. The number of rotatable bonds is 4. The van der Waals surface area contributed by atoms with Crippen LogP contribution in [0.1, 0.15) is 19.0 Å². The first-order valence-electron chi connectivity index (χ1n) is 5.98.